The maximum absolute atomic E-state index is 12.7. The van der Waals surface area contributed by atoms with Gasteiger partial charge in [0.1, 0.15) is 5.39 Å². The molecular formula is C17H18N4O2. The lowest BCUT2D eigenvalue weighted by atomic mass is 10.1. The van der Waals surface area contributed by atoms with Crippen molar-refractivity contribution >= 4 is 22.4 Å². The van der Waals surface area contributed by atoms with E-state index in [1.807, 2.05) is 37.3 Å². The number of nitrogens with one attached hydrogen (secondary N) is 1. The number of anilines is 2. The molecule has 23 heavy (non-hydrogen) atoms. The van der Waals surface area contributed by atoms with Crippen LogP contribution in [0.3, 0.4) is 0 Å². The number of benzene rings is 1. The predicted octanol–water partition coefficient (Wildman–Crippen LogP) is 1.94. The minimum Gasteiger partial charge on any atom is -0.354 e. The quantitative estimate of drug-likeness (QED) is 0.802. The van der Waals surface area contributed by atoms with E-state index in [1.165, 1.54) is 11.6 Å². The molecule has 0 saturated heterocycles. The summed E-state index contributed by atoms with van der Waals surface area (Å²) in [6.07, 6.45) is 2.44. The van der Waals surface area contributed by atoms with Crippen molar-refractivity contribution in [2.75, 3.05) is 5.32 Å². The van der Waals surface area contributed by atoms with Crippen LogP contribution in [0.15, 0.2) is 46.1 Å². The molecular weight excluding hydrogens is 292 g/mol. The van der Waals surface area contributed by atoms with Crippen LogP contribution in [0.1, 0.15) is 12.5 Å². The minimum absolute atomic E-state index is 0.343. The van der Waals surface area contributed by atoms with Crippen LogP contribution >= 0.6 is 0 Å². The molecule has 2 heterocycles. The van der Waals surface area contributed by atoms with Gasteiger partial charge in [0.05, 0.1) is 5.69 Å². The van der Waals surface area contributed by atoms with Gasteiger partial charge in [0.15, 0.2) is 5.65 Å². The maximum Gasteiger partial charge on any atom is 0.332 e. The maximum atomic E-state index is 12.7. The number of hydrogen-bond acceptors (Lipinski definition) is 4. The molecule has 0 aliphatic heterocycles. The summed E-state index contributed by atoms with van der Waals surface area (Å²) in [5, 5.41) is 3.74. The summed E-state index contributed by atoms with van der Waals surface area (Å²) >= 11 is 0. The fraction of sp³-hybridized carbons (Fsp3) is 0.235. The first-order valence-corrected chi connectivity index (χ1v) is 7.44. The van der Waals surface area contributed by atoms with Crippen LogP contribution in [-0.4, -0.2) is 14.1 Å². The molecule has 0 saturated carbocycles. The monoisotopic (exact) mass is 310 g/mol. The van der Waals surface area contributed by atoms with Gasteiger partial charge < -0.3 is 5.32 Å². The summed E-state index contributed by atoms with van der Waals surface area (Å²) in [5.41, 5.74) is 2.17. The first kappa shape index (κ1) is 15.0. The molecule has 0 fully saturated rings. The van der Waals surface area contributed by atoms with Crippen molar-refractivity contribution in [2.24, 2.45) is 14.1 Å². The molecule has 1 N–H and O–H groups in total. The molecule has 2 aromatic heterocycles. The third-order valence-corrected chi connectivity index (χ3v) is 3.97. The Balaban J connectivity index is 2.38. The van der Waals surface area contributed by atoms with E-state index >= 15 is 0 Å². The van der Waals surface area contributed by atoms with E-state index in [0.717, 1.165) is 22.2 Å². The van der Waals surface area contributed by atoms with Crippen LogP contribution in [0.2, 0.25) is 0 Å². The summed E-state index contributed by atoms with van der Waals surface area (Å²) in [5.74, 6) is 0. The topological polar surface area (TPSA) is 68.9 Å². The highest BCUT2D eigenvalue weighted by molar-refractivity contribution is 5.92. The van der Waals surface area contributed by atoms with Crippen LogP contribution in [0, 0.1) is 0 Å². The first-order valence-electron chi connectivity index (χ1n) is 7.44. The minimum atomic E-state index is -0.384. The van der Waals surface area contributed by atoms with Crippen molar-refractivity contribution in [3.05, 3.63) is 62.9 Å². The van der Waals surface area contributed by atoms with Crippen molar-refractivity contribution in [1.29, 1.82) is 0 Å². The van der Waals surface area contributed by atoms with Gasteiger partial charge in [-0.05, 0) is 24.1 Å². The molecule has 0 unspecified atom stereocenters. The van der Waals surface area contributed by atoms with Crippen LogP contribution < -0.4 is 16.6 Å². The Bertz CT molecular complexity index is 987. The fourth-order valence-corrected chi connectivity index (χ4v) is 2.64. The summed E-state index contributed by atoms with van der Waals surface area (Å²) < 4.78 is 2.51. The molecule has 0 spiro atoms. The Hall–Kier alpha value is -2.89. The van der Waals surface area contributed by atoms with Gasteiger partial charge in [-0.15, -0.1) is 0 Å². The van der Waals surface area contributed by atoms with Crippen LogP contribution in [0.4, 0.5) is 11.4 Å². The van der Waals surface area contributed by atoms with Crippen LogP contribution in [-0.2, 0) is 20.5 Å². The fourth-order valence-electron chi connectivity index (χ4n) is 2.64. The number of pyridine rings is 1. The number of para-hydroxylation sites is 1. The number of fused-ring (bicyclic) bond motifs is 1. The third-order valence-electron chi connectivity index (χ3n) is 3.97. The molecule has 0 bridgehead atoms. The molecule has 0 radical (unpaired) electrons. The third kappa shape index (κ3) is 2.42. The second-order valence-electron chi connectivity index (χ2n) is 5.41. The Kier molecular flexibility index (Phi) is 3.73. The van der Waals surface area contributed by atoms with Crippen LogP contribution in [0.5, 0.6) is 0 Å². The number of nitrogens with zero attached hydrogens (tertiary/aromatic N) is 3. The van der Waals surface area contributed by atoms with E-state index in [0.29, 0.717) is 16.7 Å². The Morgan fingerprint density at radius 1 is 1.09 bits per heavy atom. The summed E-state index contributed by atoms with van der Waals surface area (Å²) in [4.78, 5) is 29.1. The zero-order valence-electron chi connectivity index (χ0n) is 13.3. The molecule has 6 nitrogen and oxygen atoms in total. The predicted molar refractivity (Wildman–Crippen MR) is 91.3 cm³/mol. The molecule has 0 aliphatic carbocycles. The Morgan fingerprint density at radius 3 is 2.43 bits per heavy atom. The molecule has 3 aromatic rings. The molecule has 0 aliphatic rings. The standard InChI is InChI=1S/C17H18N4O2/c1-4-11-10-18-15-13(16(22)21(3)17(23)20(15)2)14(11)19-12-8-6-5-7-9-12/h5-10H,4H2,1-3H3,(H,18,19). The largest absolute Gasteiger partial charge is 0.354 e. The molecule has 118 valence electrons. The number of aromatic nitrogens is 3. The molecule has 1 aromatic carbocycles. The van der Waals surface area contributed by atoms with E-state index in [4.69, 9.17) is 0 Å². The zero-order valence-corrected chi connectivity index (χ0v) is 13.3. The lowest BCUT2D eigenvalue weighted by Gasteiger charge is -2.15. The molecule has 3 rings (SSSR count). The molecule has 0 atom stereocenters. The van der Waals surface area contributed by atoms with E-state index in [2.05, 4.69) is 10.3 Å². The van der Waals surface area contributed by atoms with Gasteiger partial charge in [-0.3, -0.25) is 13.9 Å². The van der Waals surface area contributed by atoms with E-state index < -0.39 is 0 Å². The number of rotatable bonds is 3. The number of hydrogen-bond donors (Lipinski definition) is 1. The normalized spacial score (nSPS) is 10.9. The van der Waals surface area contributed by atoms with Gasteiger partial charge in [0.2, 0.25) is 0 Å². The highest BCUT2D eigenvalue weighted by Crippen LogP contribution is 2.26. The summed E-state index contributed by atoms with van der Waals surface area (Å²) in [6.45, 7) is 2.01. The Morgan fingerprint density at radius 2 is 1.78 bits per heavy atom. The summed E-state index contributed by atoms with van der Waals surface area (Å²) in [6, 6.07) is 9.63. The average molecular weight is 310 g/mol. The highest BCUT2D eigenvalue weighted by atomic mass is 16.2. The lowest BCUT2D eigenvalue weighted by Crippen LogP contribution is -2.37. The first-order chi connectivity index (χ1) is 11.0. The second-order valence-corrected chi connectivity index (χ2v) is 5.41. The van der Waals surface area contributed by atoms with Gasteiger partial charge in [0, 0.05) is 26.0 Å². The van der Waals surface area contributed by atoms with E-state index in [9.17, 15) is 9.59 Å². The average Bonchev–Trinajstić information content (AvgIpc) is 2.58. The zero-order chi connectivity index (χ0) is 16.6. The number of aryl methyl sites for hydroxylation is 2. The van der Waals surface area contributed by atoms with Crippen molar-refractivity contribution in [1.82, 2.24) is 14.1 Å². The van der Waals surface area contributed by atoms with Crippen molar-refractivity contribution in [2.45, 2.75) is 13.3 Å². The van der Waals surface area contributed by atoms with Crippen LogP contribution in [0.25, 0.3) is 11.0 Å². The molecule has 0 amide bonds. The van der Waals surface area contributed by atoms with Crippen molar-refractivity contribution in [3.63, 3.8) is 0 Å². The van der Waals surface area contributed by atoms with Gasteiger partial charge in [-0.25, -0.2) is 9.78 Å². The Labute approximate surface area is 133 Å². The SMILES string of the molecule is CCc1cnc2c(c1Nc1ccccc1)c(=O)n(C)c(=O)n2C. The smallest absolute Gasteiger partial charge is 0.332 e. The van der Waals surface area contributed by atoms with Crippen molar-refractivity contribution in [3.8, 4) is 0 Å². The van der Waals surface area contributed by atoms with Gasteiger partial charge in [0.25, 0.3) is 5.56 Å². The molecule has 6 heteroatoms. The second kappa shape index (κ2) is 5.72. The highest BCUT2D eigenvalue weighted by Gasteiger charge is 2.16. The summed E-state index contributed by atoms with van der Waals surface area (Å²) in [7, 11) is 3.10. The van der Waals surface area contributed by atoms with E-state index in [-0.39, 0.29) is 11.2 Å². The van der Waals surface area contributed by atoms with Gasteiger partial charge >= 0.3 is 5.69 Å². The van der Waals surface area contributed by atoms with Crippen molar-refractivity contribution < 1.29 is 0 Å². The lowest BCUT2D eigenvalue weighted by molar-refractivity contribution is 0.707. The van der Waals surface area contributed by atoms with E-state index in [1.54, 1.807) is 13.2 Å². The van der Waals surface area contributed by atoms with Gasteiger partial charge in [-0.2, -0.15) is 0 Å². The van der Waals surface area contributed by atoms with Gasteiger partial charge in [-0.1, -0.05) is 25.1 Å².